The van der Waals surface area contributed by atoms with E-state index in [0.29, 0.717) is 12.2 Å². The molecule has 1 aliphatic heterocycles. The van der Waals surface area contributed by atoms with Crippen molar-refractivity contribution in [2.75, 3.05) is 40.8 Å². The fourth-order valence-corrected chi connectivity index (χ4v) is 3.90. The minimum absolute atomic E-state index is 0.00299. The molecule has 6 nitrogen and oxygen atoms in total. The maximum Gasteiger partial charge on any atom is 0.232 e. The predicted octanol–water partition coefficient (Wildman–Crippen LogP) is 1.96. The molecule has 0 amide bonds. The largest absolute Gasteiger partial charge is 0.394 e. The van der Waals surface area contributed by atoms with Crippen molar-refractivity contribution in [2.45, 2.75) is 6.54 Å². The van der Waals surface area contributed by atoms with Gasteiger partial charge < -0.3 is 5.11 Å². The number of sulfonamides is 1. The van der Waals surface area contributed by atoms with Crippen LogP contribution in [0, 0.1) is 5.82 Å². The van der Waals surface area contributed by atoms with Crippen LogP contribution in [0.25, 0.3) is 0 Å². The summed E-state index contributed by atoms with van der Waals surface area (Å²) in [6.45, 7) is 0.349. The van der Waals surface area contributed by atoms with Gasteiger partial charge in [0.2, 0.25) is 10.0 Å². The van der Waals surface area contributed by atoms with Crippen LogP contribution >= 0.6 is 0 Å². The fraction of sp³-hybridized carbons (Fsp3) is 0.294. The number of hydrogen-bond donors (Lipinski definition) is 1. The standard InChI is InChI=1S/C17H20FN3O3S/c1-19-17-11-16(21(9-10-22)25(2,23)24)6-3-13(17)12-20(19)15-7-4-14(18)5-8-15/h3-8,11,22H,9-10,12H2,1-2H3. The Labute approximate surface area is 146 Å². The zero-order valence-corrected chi connectivity index (χ0v) is 14.9. The van der Waals surface area contributed by atoms with E-state index < -0.39 is 10.0 Å². The molecule has 0 saturated heterocycles. The minimum Gasteiger partial charge on any atom is -0.394 e. The van der Waals surface area contributed by atoms with Crippen molar-refractivity contribution in [1.82, 2.24) is 0 Å². The lowest BCUT2D eigenvalue weighted by Gasteiger charge is -2.29. The highest BCUT2D eigenvalue weighted by molar-refractivity contribution is 7.92. The third-order valence-electron chi connectivity index (χ3n) is 4.22. The molecule has 25 heavy (non-hydrogen) atoms. The highest BCUT2D eigenvalue weighted by Gasteiger charge is 2.27. The van der Waals surface area contributed by atoms with E-state index in [4.69, 9.17) is 5.11 Å². The summed E-state index contributed by atoms with van der Waals surface area (Å²) in [4.78, 5) is 0. The molecular weight excluding hydrogens is 345 g/mol. The summed E-state index contributed by atoms with van der Waals surface area (Å²) in [5.74, 6) is -0.293. The van der Waals surface area contributed by atoms with Crippen LogP contribution in [0.5, 0.6) is 0 Å². The van der Waals surface area contributed by atoms with Gasteiger partial charge in [0, 0.05) is 7.05 Å². The molecule has 1 heterocycles. The second kappa shape index (κ2) is 6.53. The first-order valence-corrected chi connectivity index (χ1v) is 9.64. The van der Waals surface area contributed by atoms with Crippen molar-refractivity contribution in [3.63, 3.8) is 0 Å². The van der Waals surface area contributed by atoms with Crippen LogP contribution in [-0.4, -0.2) is 40.0 Å². The number of fused-ring (bicyclic) bond motifs is 1. The van der Waals surface area contributed by atoms with Crippen molar-refractivity contribution in [1.29, 1.82) is 0 Å². The van der Waals surface area contributed by atoms with Gasteiger partial charge in [0.05, 0.1) is 43.0 Å². The van der Waals surface area contributed by atoms with Gasteiger partial charge in [0.15, 0.2) is 0 Å². The van der Waals surface area contributed by atoms with Gasteiger partial charge in [-0.25, -0.2) is 12.8 Å². The molecule has 1 aliphatic rings. The van der Waals surface area contributed by atoms with E-state index in [2.05, 4.69) is 0 Å². The number of halogens is 1. The zero-order chi connectivity index (χ0) is 18.2. The molecule has 0 atom stereocenters. The highest BCUT2D eigenvalue weighted by atomic mass is 32.2. The number of anilines is 3. The summed E-state index contributed by atoms with van der Waals surface area (Å²) >= 11 is 0. The third kappa shape index (κ3) is 3.40. The molecule has 3 rings (SSSR count). The van der Waals surface area contributed by atoms with Crippen LogP contribution in [0.15, 0.2) is 42.5 Å². The van der Waals surface area contributed by atoms with E-state index in [9.17, 15) is 12.8 Å². The zero-order valence-electron chi connectivity index (χ0n) is 14.1. The molecule has 8 heteroatoms. The van der Waals surface area contributed by atoms with Gasteiger partial charge in [-0.3, -0.25) is 14.3 Å². The SMILES string of the molecule is CN1c2cc(N(CCO)S(C)(=O)=O)ccc2CN1c1ccc(F)cc1. The maximum absolute atomic E-state index is 13.1. The Kier molecular flexibility index (Phi) is 4.57. The summed E-state index contributed by atoms with van der Waals surface area (Å²) in [6.07, 6.45) is 1.12. The van der Waals surface area contributed by atoms with Crippen LogP contribution in [0.1, 0.15) is 5.56 Å². The van der Waals surface area contributed by atoms with E-state index in [1.807, 2.05) is 23.1 Å². The summed E-state index contributed by atoms with van der Waals surface area (Å²) in [5.41, 5.74) is 3.25. The van der Waals surface area contributed by atoms with Crippen LogP contribution in [0.2, 0.25) is 0 Å². The quantitative estimate of drug-likeness (QED) is 0.878. The highest BCUT2D eigenvalue weighted by Crippen LogP contribution is 2.36. The van der Waals surface area contributed by atoms with Crippen LogP contribution in [0.3, 0.4) is 0 Å². The van der Waals surface area contributed by atoms with Crippen molar-refractivity contribution >= 4 is 27.1 Å². The molecule has 134 valence electrons. The minimum atomic E-state index is -3.49. The Bertz CT molecular complexity index is 871. The first-order chi connectivity index (χ1) is 11.8. The van der Waals surface area contributed by atoms with Crippen LogP contribution in [0.4, 0.5) is 21.5 Å². The molecule has 2 aromatic rings. The summed E-state index contributed by atoms with van der Waals surface area (Å²) in [5, 5.41) is 13.0. The Balaban J connectivity index is 1.94. The molecule has 0 spiro atoms. The molecule has 0 aromatic heterocycles. The normalized spacial score (nSPS) is 13.9. The molecule has 1 N–H and O–H groups in total. The molecule has 0 saturated carbocycles. The second-order valence-corrected chi connectivity index (χ2v) is 7.84. The molecule has 0 fully saturated rings. The molecule has 2 aromatic carbocycles. The Morgan fingerprint density at radius 1 is 1.20 bits per heavy atom. The van der Waals surface area contributed by atoms with Crippen LogP contribution in [-0.2, 0) is 16.6 Å². The average Bonchev–Trinajstić information content (AvgIpc) is 2.89. The number of rotatable bonds is 5. The lowest BCUT2D eigenvalue weighted by atomic mass is 10.1. The lowest BCUT2D eigenvalue weighted by Crippen LogP contribution is -2.34. The summed E-state index contributed by atoms with van der Waals surface area (Å²) < 4.78 is 38.3. The van der Waals surface area contributed by atoms with Gasteiger partial charge in [-0.1, -0.05) is 6.07 Å². The van der Waals surface area contributed by atoms with Crippen molar-refractivity contribution in [3.05, 3.63) is 53.8 Å². The number of hydrazine groups is 1. The van der Waals surface area contributed by atoms with E-state index >= 15 is 0 Å². The molecule has 0 unspecified atom stereocenters. The summed E-state index contributed by atoms with van der Waals surface area (Å²) in [7, 11) is -1.62. The molecular formula is C17H20FN3O3S. The number of aliphatic hydroxyl groups excluding tert-OH is 1. The van der Waals surface area contributed by atoms with E-state index in [0.717, 1.165) is 23.2 Å². The molecule has 0 bridgehead atoms. The van der Waals surface area contributed by atoms with Gasteiger partial charge in [0.25, 0.3) is 0 Å². The van der Waals surface area contributed by atoms with Crippen molar-refractivity contribution < 1.29 is 17.9 Å². The van der Waals surface area contributed by atoms with Crippen molar-refractivity contribution in [2.24, 2.45) is 0 Å². The van der Waals surface area contributed by atoms with Gasteiger partial charge in [-0.2, -0.15) is 0 Å². The lowest BCUT2D eigenvalue weighted by molar-refractivity contribution is 0.307. The molecule has 0 radical (unpaired) electrons. The predicted molar refractivity (Wildman–Crippen MR) is 96.7 cm³/mol. The van der Waals surface area contributed by atoms with E-state index in [1.54, 1.807) is 24.3 Å². The fourth-order valence-electron chi connectivity index (χ4n) is 2.99. The van der Waals surface area contributed by atoms with E-state index in [-0.39, 0.29) is 19.0 Å². The Morgan fingerprint density at radius 2 is 1.88 bits per heavy atom. The third-order valence-corrected chi connectivity index (χ3v) is 5.41. The average molecular weight is 365 g/mol. The van der Waals surface area contributed by atoms with Gasteiger partial charge in [-0.15, -0.1) is 0 Å². The first-order valence-electron chi connectivity index (χ1n) is 7.79. The van der Waals surface area contributed by atoms with Gasteiger partial charge in [0.1, 0.15) is 5.82 Å². The number of hydrogen-bond acceptors (Lipinski definition) is 5. The Morgan fingerprint density at radius 3 is 2.48 bits per heavy atom. The van der Waals surface area contributed by atoms with E-state index in [1.165, 1.54) is 16.4 Å². The number of nitrogens with zero attached hydrogens (tertiary/aromatic N) is 3. The maximum atomic E-state index is 13.1. The number of aliphatic hydroxyl groups is 1. The Hall–Kier alpha value is -2.32. The monoisotopic (exact) mass is 365 g/mol. The van der Waals surface area contributed by atoms with Crippen LogP contribution < -0.4 is 14.3 Å². The van der Waals surface area contributed by atoms with Gasteiger partial charge in [-0.05, 0) is 42.0 Å². The second-order valence-electron chi connectivity index (χ2n) is 5.93. The topological polar surface area (TPSA) is 64.1 Å². The van der Waals surface area contributed by atoms with Gasteiger partial charge >= 0.3 is 0 Å². The number of benzene rings is 2. The smallest absolute Gasteiger partial charge is 0.232 e. The summed E-state index contributed by atoms with van der Waals surface area (Å²) in [6, 6.07) is 11.6. The van der Waals surface area contributed by atoms with Crippen molar-refractivity contribution in [3.8, 4) is 0 Å². The first kappa shape index (κ1) is 17.5. The molecule has 0 aliphatic carbocycles.